The van der Waals surface area contributed by atoms with Crippen LogP contribution in [0.5, 0.6) is 5.75 Å². The molecule has 3 rings (SSSR count). The number of carbonyl (C=O) groups excluding carboxylic acids is 1. The van der Waals surface area contributed by atoms with Crippen LogP contribution in [0.2, 0.25) is 0 Å². The Labute approximate surface area is 182 Å². The summed E-state index contributed by atoms with van der Waals surface area (Å²) in [5, 5.41) is 0. The molecule has 0 heterocycles. The number of ether oxygens (including phenoxy) is 1. The first-order chi connectivity index (χ1) is 14.5. The molecule has 0 amide bonds. The second-order valence-electron chi connectivity index (χ2n) is 9.17. The van der Waals surface area contributed by atoms with Gasteiger partial charge in [0.25, 0.3) is 0 Å². The molecule has 0 spiro atoms. The van der Waals surface area contributed by atoms with Crippen molar-refractivity contribution in [3.8, 4) is 5.75 Å². The van der Waals surface area contributed by atoms with Crippen LogP contribution in [-0.2, 0) is 16.8 Å². The first kappa shape index (κ1) is 22.3. The monoisotopic (exact) mass is 404 g/mol. The van der Waals surface area contributed by atoms with Gasteiger partial charge >= 0.3 is 0 Å². The number of ketones is 1. The summed E-state index contributed by atoms with van der Waals surface area (Å²) in [5.74, 6) is 1.13. The number of hydrogen-bond donors (Lipinski definition) is 0. The lowest BCUT2D eigenvalue weighted by Crippen LogP contribution is -2.17. The number of hydrogen-bond acceptors (Lipinski definition) is 2. The molecule has 0 saturated carbocycles. The minimum absolute atomic E-state index is 0.105. The van der Waals surface area contributed by atoms with Gasteiger partial charge in [-0.1, -0.05) is 88.9 Å². The summed E-state index contributed by atoms with van der Waals surface area (Å²) in [5.41, 5.74) is 4.76. The lowest BCUT2D eigenvalue weighted by atomic mass is 9.79. The molecule has 0 aromatic heterocycles. The molecule has 0 fully saturated rings. The van der Waals surface area contributed by atoms with Gasteiger partial charge in [0.1, 0.15) is 12.4 Å². The fourth-order valence-corrected chi connectivity index (χ4v) is 4.21. The Kier molecular flexibility index (Phi) is 7.90. The van der Waals surface area contributed by atoms with Crippen LogP contribution in [0.1, 0.15) is 88.8 Å². The van der Waals surface area contributed by atoms with Crippen LogP contribution in [0.3, 0.4) is 0 Å². The van der Waals surface area contributed by atoms with Gasteiger partial charge in [0, 0.05) is 12.0 Å². The predicted octanol–water partition coefficient (Wildman–Crippen LogP) is 7.65. The van der Waals surface area contributed by atoms with E-state index in [9.17, 15) is 4.79 Å². The number of rotatable bonds is 10. The van der Waals surface area contributed by atoms with Gasteiger partial charge in [0.2, 0.25) is 0 Å². The van der Waals surface area contributed by atoms with E-state index in [4.69, 9.17) is 4.74 Å². The minimum Gasteiger partial charge on any atom is -0.488 e. The van der Waals surface area contributed by atoms with Crippen LogP contribution < -0.4 is 4.74 Å². The Balaban J connectivity index is 1.86. The molecule has 2 aromatic carbocycles. The van der Waals surface area contributed by atoms with E-state index in [0.717, 1.165) is 35.3 Å². The third-order valence-electron chi connectivity index (χ3n) is 6.21. The zero-order valence-corrected chi connectivity index (χ0v) is 18.9. The average molecular weight is 405 g/mol. The van der Waals surface area contributed by atoms with E-state index in [1.807, 2.05) is 24.3 Å². The highest BCUT2D eigenvalue weighted by atomic mass is 16.5. The summed E-state index contributed by atoms with van der Waals surface area (Å²) >= 11 is 0. The van der Waals surface area contributed by atoms with Crippen LogP contribution in [0.4, 0.5) is 0 Å². The maximum Gasteiger partial charge on any atom is 0.155 e. The van der Waals surface area contributed by atoms with Gasteiger partial charge in [-0.3, -0.25) is 4.79 Å². The topological polar surface area (TPSA) is 26.3 Å². The number of benzene rings is 2. The lowest BCUT2D eigenvalue weighted by Gasteiger charge is -2.27. The summed E-state index contributed by atoms with van der Waals surface area (Å²) in [7, 11) is 0. The van der Waals surface area contributed by atoms with Crippen molar-refractivity contribution in [2.45, 2.75) is 84.2 Å². The van der Waals surface area contributed by atoms with Gasteiger partial charge in [-0.2, -0.15) is 0 Å². The van der Waals surface area contributed by atoms with Gasteiger partial charge < -0.3 is 4.74 Å². The fraction of sp³-hybridized carbons (Fsp3) is 0.464. The molecule has 2 aromatic rings. The molecular formula is C28H36O2. The molecule has 2 heteroatoms. The molecule has 1 aliphatic rings. The van der Waals surface area contributed by atoms with E-state index in [0.29, 0.717) is 13.0 Å². The van der Waals surface area contributed by atoms with Crippen molar-refractivity contribution in [1.29, 1.82) is 0 Å². The summed E-state index contributed by atoms with van der Waals surface area (Å²) in [6.45, 7) is 7.46. The number of carbonyl (C=O) groups is 1. The summed E-state index contributed by atoms with van der Waals surface area (Å²) in [6, 6.07) is 16.9. The van der Waals surface area contributed by atoms with Crippen molar-refractivity contribution in [1.82, 2.24) is 0 Å². The molecule has 0 aliphatic heterocycles. The predicted molar refractivity (Wildman–Crippen MR) is 126 cm³/mol. The Morgan fingerprint density at radius 3 is 2.50 bits per heavy atom. The molecule has 0 bridgehead atoms. The molecule has 0 saturated heterocycles. The molecule has 0 unspecified atom stereocenters. The van der Waals surface area contributed by atoms with E-state index < -0.39 is 0 Å². The van der Waals surface area contributed by atoms with Crippen LogP contribution in [-0.4, -0.2) is 5.78 Å². The Morgan fingerprint density at radius 2 is 1.77 bits per heavy atom. The third kappa shape index (κ3) is 6.08. The third-order valence-corrected chi connectivity index (χ3v) is 6.21. The molecule has 1 aliphatic carbocycles. The summed E-state index contributed by atoms with van der Waals surface area (Å²) in [6.07, 6.45) is 10.6. The maximum atomic E-state index is 12.0. The van der Waals surface area contributed by atoms with Crippen LogP contribution in [0.25, 0.3) is 5.57 Å². The first-order valence-electron chi connectivity index (χ1n) is 11.5. The Hall–Kier alpha value is -2.35. The van der Waals surface area contributed by atoms with Crippen LogP contribution >= 0.6 is 0 Å². The molecule has 0 radical (unpaired) electrons. The van der Waals surface area contributed by atoms with Crippen molar-refractivity contribution in [2.24, 2.45) is 0 Å². The Bertz CT molecular complexity index is 861. The molecule has 160 valence electrons. The maximum absolute atomic E-state index is 12.0. The highest BCUT2D eigenvalue weighted by Gasteiger charge is 2.23. The van der Waals surface area contributed by atoms with E-state index in [1.165, 1.54) is 37.7 Å². The lowest BCUT2D eigenvalue weighted by molar-refractivity contribution is -0.114. The smallest absolute Gasteiger partial charge is 0.155 e. The van der Waals surface area contributed by atoms with E-state index >= 15 is 0 Å². The molecule has 2 nitrogen and oxygen atoms in total. The van der Waals surface area contributed by atoms with Crippen molar-refractivity contribution >= 4 is 11.4 Å². The van der Waals surface area contributed by atoms with Crippen LogP contribution in [0.15, 0.2) is 54.6 Å². The van der Waals surface area contributed by atoms with Crippen molar-refractivity contribution in [3.05, 3.63) is 71.3 Å². The molecule has 0 N–H and O–H groups in total. The van der Waals surface area contributed by atoms with Crippen molar-refractivity contribution < 1.29 is 9.53 Å². The van der Waals surface area contributed by atoms with Crippen molar-refractivity contribution in [2.75, 3.05) is 0 Å². The highest BCUT2D eigenvalue weighted by Crippen LogP contribution is 2.38. The zero-order chi connectivity index (χ0) is 21.4. The van der Waals surface area contributed by atoms with Crippen LogP contribution in [0, 0.1) is 0 Å². The van der Waals surface area contributed by atoms with E-state index in [1.54, 1.807) is 0 Å². The standard InChI is InChI=1S/C28H36O2/c1-4-5-6-10-18-28(2,3)24-16-17-26(23-14-11-15-25(29)19-23)27(20-24)30-21-22-12-8-7-9-13-22/h7-9,12-13,16-17,19-20H,4-6,10-11,14-15,18,21H2,1-3H3. The second-order valence-corrected chi connectivity index (χ2v) is 9.17. The van der Waals surface area contributed by atoms with Gasteiger partial charge in [0.05, 0.1) is 0 Å². The first-order valence-corrected chi connectivity index (χ1v) is 11.5. The summed E-state index contributed by atoms with van der Waals surface area (Å²) in [4.78, 5) is 12.0. The van der Waals surface area contributed by atoms with Gasteiger partial charge in [-0.25, -0.2) is 0 Å². The van der Waals surface area contributed by atoms with Crippen molar-refractivity contribution in [3.63, 3.8) is 0 Å². The quantitative estimate of drug-likeness (QED) is 0.380. The normalized spacial score (nSPS) is 14.5. The van der Waals surface area contributed by atoms with Gasteiger partial charge in [0.15, 0.2) is 5.78 Å². The number of allylic oxidation sites excluding steroid dienone is 2. The number of unbranched alkanes of at least 4 members (excludes halogenated alkanes) is 3. The van der Waals surface area contributed by atoms with E-state index in [2.05, 4.69) is 51.1 Å². The average Bonchev–Trinajstić information content (AvgIpc) is 2.76. The Morgan fingerprint density at radius 1 is 0.967 bits per heavy atom. The minimum atomic E-state index is 0.105. The second kappa shape index (κ2) is 10.6. The van der Waals surface area contributed by atoms with Gasteiger partial charge in [-0.15, -0.1) is 0 Å². The van der Waals surface area contributed by atoms with E-state index in [-0.39, 0.29) is 11.2 Å². The molecular weight excluding hydrogens is 368 g/mol. The highest BCUT2D eigenvalue weighted by molar-refractivity contribution is 5.99. The molecule has 30 heavy (non-hydrogen) atoms. The summed E-state index contributed by atoms with van der Waals surface area (Å²) < 4.78 is 6.34. The molecule has 0 atom stereocenters. The van der Waals surface area contributed by atoms with Gasteiger partial charge in [-0.05, 0) is 53.5 Å². The zero-order valence-electron chi connectivity index (χ0n) is 18.9. The SMILES string of the molecule is CCCCCCC(C)(C)c1ccc(C2=CC(=O)CCC2)c(OCc2ccccc2)c1. The fourth-order valence-electron chi connectivity index (χ4n) is 4.21. The largest absolute Gasteiger partial charge is 0.488 e.